The fourth-order valence-electron chi connectivity index (χ4n) is 7.67. The van der Waals surface area contributed by atoms with E-state index in [4.69, 9.17) is 19.4 Å². The molecule has 304 valence electrons. The van der Waals surface area contributed by atoms with Crippen LogP contribution >= 0.6 is 31.9 Å². The number of carbonyl (C=O) groups is 4. The normalized spacial score (nSPS) is 17.9. The third-order valence-electron chi connectivity index (χ3n) is 10.9. The SMILES string of the molecule is COC(=O)NC[C@H](C(=O)N1CCCC1c1nc(-c2ccc(-c3ccc(-c4nc(C5CCCN5C(=O)[C@@H](NC(=O)OC)C(C)C)[nH]c4Br)cc3)cc2)c(Br)[nH]1)C(C)C. The lowest BCUT2D eigenvalue weighted by atomic mass is 9.94. The van der Waals surface area contributed by atoms with Crippen LogP contribution in [0.25, 0.3) is 33.6 Å². The second kappa shape index (κ2) is 18.3. The number of H-pyrrole nitrogens is 2. The summed E-state index contributed by atoms with van der Waals surface area (Å²) in [5.41, 5.74) is 5.42. The fraction of sp³-hybridized carbons (Fsp3) is 0.463. The molecule has 14 nitrogen and oxygen atoms in total. The minimum Gasteiger partial charge on any atom is -0.453 e. The van der Waals surface area contributed by atoms with Crippen LogP contribution in [0, 0.1) is 17.8 Å². The summed E-state index contributed by atoms with van der Waals surface area (Å²) in [6.45, 7) is 9.16. The number of ether oxygens (including phenoxy) is 2. The molecule has 0 bridgehead atoms. The molecule has 2 aromatic heterocycles. The summed E-state index contributed by atoms with van der Waals surface area (Å²) < 4.78 is 11.0. The number of methoxy groups -OCH3 is 2. The van der Waals surface area contributed by atoms with Crippen LogP contribution in [-0.2, 0) is 19.1 Å². The highest BCUT2D eigenvalue weighted by Gasteiger charge is 2.39. The van der Waals surface area contributed by atoms with Crippen LogP contribution in [0.3, 0.4) is 0 Å². The van der Waals surface area contributed by atoms with E-state index in [-0.39, 0.29) is 48.2 Å². The summed E-state index contributed by atoms with van der Waals surface area (Å²) in [7, 11) is 2.60. The second-order valence-corrected chi connectivity index (χ2v) is 16.8. The van der Waals surface area contributed by atoms with Gasteiger partial charge in [-0.25, -0.2) is 19.6 Å². The third-order valence-corrected chi connectivity index (χ3v) is 12.0. The Bertz CT molecular complexity index is 2070. The number of amides is 4. The number of imidazole rings is 2. The fourth-order valence-corrected chi connectivity index (χ4v) is 8.71. The summed E-state index contributed by atoms with van der Waals surface area (Å²) in [6.07, 6.45) is 2.06. The van der Waals surface area contributed by atoms with Gasteiger partial charge in [0.15, 0.2) is 0 Å². The molecule has 2 aliphatic rings. The number of aromatic amines is 2. The zero-order valence-corrected chi connectivity index (χ0v) is 36.2. The first-order chi connectivity index (χ1) is 27.3. The maximum atomic E-state index is 13.7. The van der Waals surface area contributed by atoms with Crippen LogP contribution in [-0.4, -0.2) is 93.6 Å². The summed E-state index contributed by atoms with van der Waals surface area (Å²) in [5.74, 6) is 0.775. The number of benzene rings is 2. The molecule has 4 aromatic rings. The Morgan fingerprint density at radius 3 is 1.56 bits per heavy atom. The Kier molecular flexibility index (Phi) is 13.4. The average Bonchev–Trinajstić information content (AvgIpc) is 4.03. The minimum absolute atomic E-state index is 0.00739. The number of aromatic nitrogens is 4. The Hall–Kier alpha value is -4.70. The van der Waals surface area contributed by atoms with Gasteiger partial charge in [-0.1, -0.05) is 76.2 Å². The van der Waals surface area contributed by atoms with Crippen LogP contribution in [0.2, 0.25) is 0 Å². The van der Waals surface area contributed by atoms with Gasteiger partial charge in [-0.15, -0.1) is 0 Å². The van der Waals surface area contributed by atoms with Gasteiger partial charge in [0.25, 0.3) is 0 Å². The maximum Gasteiger partial charge on any atom is 0.407 e. The van der Waals surface area contributed by atoms with Crippen molar-refractivity contribution in [1.29, 1.82) is 0 Å². The van der Waals surface area contributed by atoms with E-state index in [0.717, 1.165) is 74.4 Å². The van der Waals surface area contributed by atoms with Crippen molar-refractivity contribution < 1.29 is 28.7 Å². The van der Waals surface area contributed by atoms with E-state index in [9.17, 15) is 19.2 Å². The van der Waals surface area contributed by atoms with Gasteiger partial charge in [0, 0.05) is 30.8 Å². The molecule has 6 rings (SSSR count). The zero-order chi connectivity index (χ0) is 41.0. The first kappa shape index (κ1) is 41.9. The number of likely N-dealkylation sites (tertiary alicyclic amines) is 2. The predicted octanol–water partition coefficient (Wildman–Crippen LogP) is 7.99. The summed E-state index contributed by atoms with van der Waals surface area (Å²) in [5, 5.41) is 5.39. The molecule has 2 aromatic carbocycles. The minimum atomic E-state index is -0.705. The second-order valence-electron chi connectivity index (χ2n) is 15.2. The highest BCUT2D eigenvalue weighted by atomic mass is 79.9. The van der Waals surface area contributed by atoms with Gasteiger partial charge in [0.2, 0.25) is 11.8 Å². The number of hydrogen-bond acceptors (Lipinski definition) is 8. The first-order valence-electron chi connectivity index (χ1n) is 19.3. The van der Waals surface area contributed by atoms with Crippen LogP contribution in [0.5, 0.6) is 0 Å². The van der Waals surface area contributed by atoms with Gasteiger partial charge in [0.05, 0.1) is 32.2 Å². The molecule has 0 spiro atoms. The van der Waals surface area contributed by atoms with Crippen LogP contribution in [0.1, 0.15) is 77.1 Å². The van der Waals surface area contributed by atoms with E-state index < -0.39 is 18.2 Å². The molecule has 2 saturated heterocycles. The van der Waals surface area contributed by atoms with Crippen molar-refractivity contribution in [3.8, 4) is 33.6 Å². The lowest BCUT2D eigenvalue weighted by Crippen LogP contribution is -2.51. The van der Waals surface area contributed by atoms with Crippen molar-refractivity contribution in [2.75, 3.05) is 33.9 Å². The Morgan fingerprint density at radius 1 is 0.702 bits per heavy atom. The monoisotopic (exact) mass is 908 g/mol. The topological polar surface area (TPSA) is 175 Å². The van der Waals surface area contributed by atoms with Crippen molar-refractivity contribution in [2.24, 2.45) is 17.8 Å². The lowest BCUT2D eigenvalue weighted by molar-refractivity contribution is -0.138. The van der Waals surface area contributed by atoms with Crippen molar-refractivity contribution >= 4 is 55.9 Å². The number of halogens is 2. The Labute approximate surface area is 349 Å². The molecule has 4 amide bonds. The predicted molar refractivity (Wildman–Crippen MR) is 223 cm³/mol. The van der Waals surface area contributed by atoms with E-state index in [2.05, 4.69) is 76.7 Å². The summed E-state index contributed by atoms with van der Waals surface area (Å²) in [4.78, 5) is 71.4. The molecule has 0 aliphatic carbocycles. The average molecular weight is 911 g/mol. The van der Waals surface area contributed by atoms with Crippen molar-refractivity contribution in [3.63, 3.8) is 0 Å². The van der Waals surface area contributed by atoms with E-state index in [1.165, 1.54) is 14.2 Å². The van der Waals surface area contributed by atoms with Gasteiger partial charge >= 0.3 is 12.2 Å². The van der Waals surface area contributed by atoms with Crippen molar-refractivity contribution in [1.82, 2.24) is 40.4 Å². The van der Waals surface area contributed by atoms with Gasteiger partial charge < -0.3 is 39.9 Å². The standard InChI is InChI=1S/C41H50Br2N8O6/c1-22(2)28(21-44-40(54)56-5)38(52)50-19-7-9-29(50)36-45-32(34(42)48-36)26-15-11-24(12-16-26)25-13-17-27(18-14-25)33-35(43)49-37(46-33)30-10-8-20-51(30)39(53)31(23(3)4)47-41(55)57-6/h11-18,22-23,28-31H,7-10,19-21H2,1-6H3,(H,44,54)(H,45,48)(H,46,49)(H,47,55)/t28-,29?,30?,31-/m0/s1. The van der Waals surface area contributed by atoms with Crippen LogP contribution < -0.4 is 10.6 Å². The molecule has 57 heavy (non-hydrogen) atoms. The highest BCUT2D eigenvalue weighted by molar-refractivity contribution is 9.10. The molecule has 2 unspecified atom stereocenters. The molecule has 4 N–H and O–H groups in total. The quantitative estimate of drug-likeness (QED) is 0.111. The van der Waals surface area contributed by atoms with Gasteiger partial charge in [-0.3, -0.25) is 9.59 Å². The Balaban J connectivity index is 1.14. The molecule has 4 heterocycles. The van der Waals surface area contributed by atoms with Gasteiger partial charge in [0.1, 0.15) is 38.3 Å². The maximum absolute atomic E-state index is 13.7. The molecular formula is C41H50Br2N8O6. The van der Waals surface area contributed by atoms with Crippen molar-refractivity contribution in [2.45, 2.75) is 71.5 Å². The number of nitrogens with one attached hydrogen (secondary N) is 4. The first-order valence-corrected chi connectivity index (χ1v) is 20.9. The van der Waals surface area contributed by atoms with E-state index >= 15 is 0 Å². The number of nitrogens with zero attached hydrogens (tertiary/aromatic N) is 4. The largest absolute Gasteiger partial charge is 0.453 e. The molecule has 0 radical (unpaired) electrons. The Morgan fingerprint density at radius 2 is 1.14 bits per heavy atom. The molecule has 2 fully saturated rings. The summed E-state index contributed by atoms with van der Waals surface area (Å²) in [6, 6.07) is 15.2. The summed E-state index contributed by atoms with van der Waals surface area (Å²) >= 11 is 7.35. The number of hydrogen-bond donors (Lipinski definition) is 4. The smallest absolute Gasteiger partial charge is 0.407 e. The van der Waals surface area contributed by atoms with Crippen LogP contribution in [0.15, 0.2) is 57.7 Å². The van der Waals surface area contributed by atoms with E-state index in [0.29, 0.717) is 18.9 Å². The highest BCUT2D eigenvalue weighted by Crippen LogP contribution is 2.38. The molecular weight excluding hydrogens is 860 g/mol. The third kappa shape index (κ3) is 9.22. The number of rotatable bonds is 12. The number of alkyl carbamates (subject to hydrolysis) is 2. The van der Waals surface area contributed by atoms with Gasteiger partial charge in [-0.2, -0.15) is 0 Å². The zero-order valence-electron chi connectivity index (χ0n) is 33.0. The van der Waals surface area contributed by atoms with E-state index in [1.54, 1.807) is 4.90 Å². The van der Waals surface area contributed by atoms with Crippen molar-refractivity contribution in [3.05, 3.63) is 69.4 Å². The molecule has 0 saturated carbocycles. The lowest BCUT2D eigenvalue weighted by Gasteiger charge is -2.29. The van der Waals surface area contributed by atoms with E-state index in [1.807, 2.05) is 56.9 Å². The molecule has 4 atom stereocenters. The van der Waals surface area contributed by atoms with Crippen LogP contribution in [0.4, 0.5) is 9.59 Å². The van der Waals surface area contributed by atoms with Gasteiger partial charge in [-0.05, 0) is 80.5 Å². The molecule has 16 heteroatoms. The number of carbonyl (C=O) groups excluding carboxylic acids is 4. The molecule has 2 aliphatic heterocycles.